The number of carbonyl (C=O) groups excluding carboxylic acids is 2. The Morgan fingerprint density at radius 2 is 1.85 bits per heavy atom. The Kier molecular flexibility index (Phi) is 7.68. The molecule has 0 spiro atoms. The van der Waals surface area contributed by atoms with Crippen LogP contribution < -0.4 is 5.32 Å². The van der Waals surface area contributed by atoms with E-state index >= 15 is 0 Å². The lowest BCUT2D eigenvalue weighted by molar-refractivity contribution is -0.384. The summed E-state index contributed by atoms with van der Waals surface area (Å²) in [4.78, 5) is 36.6. The predicted molar refractivity (Wildman–Crippen MR) is 125 cm³/mol. The smallest absolute Gasteiger partial charge is 0.341 e. The maximum atomic E-state index is 13.1. The average Bonchev–Trinajstić information content (AvgIpc) is 3.22. The Morgan fingerprint density at radius 1 is 1.15 bits per heavy atom. The summed E-state index contributed by atoms with van der Waals surface area (Å²) in [5.41, 5.74) is 2.77. The van der Waals surface area contributed by atoms with E-state index < -0.39 is 22.8 Å². The number of rotatable bonds is 8. The van der Waals surface area contributed by atoms with Crippen molar-refractivity contribution in [2.24, 2.45) is 7.05 Å². The number of nitrogens with one attached hydrogen (secondary N) is 1. The van der Waals surface area contributed by atoms with Crippen LogP contribution in [0.15, 0.2) is 77.5 Å². The zero-order valence-corrected chi connectivity index (χ0v) is 19.5. The van der Waals surface area contributed by atoms with Crippen molar-refractivity contribution in [1.82, 2.24) is 9.88 Å². The number of esters is 2. The van der Waals surface area contributed by atoms with E-state index in [9.17, 15) is 19.7 Å². The molecule has 0 aliphatic carbocycles. The molecule has 0 amide bonds. The SMILES string of the molecule is COC(=O)C1=C(C)NC(C)=C(C(=O)O/C=C/CCc2cccn2C)C1c1cccc([N+](=O)[O-])c1. The highest BCUT2D eigenvalue weighted by Gasteiger charge is 2.38. The molecule has 9 heteroatoms. The number of non-ortho nitro benzene ring substituents is 1. The first-order valence-corrected chi connectivity index (χ1v) is 10.7. The number of benzene rings is 1. The highest BCUT2D eigenvalue weighted by molar-refractivity contribution is 6.00. The van der Waals surface area contributed by atoms with Crippen molar-refractivity contribution in [1.29, 1.82) is 0 Å². The van der Waals surface area contributed by atoms with Crippen molar-refractivity contribution < 1.29 is 24.0 Å². The van der Waals surface area contributed by atoms with Crippen LogP contribution in [0.1, 0.15) is 37.4 Å². The van der Waals surface area contributed by atoms with Gasteiger partial charge in [-0.05, 0) is 50.5 Å². The molecule has 0 bridgehead atoms. The predicted octanol–water partition coefficient (Wildman–Crippen LogP) is 4.03. The number of methoxy groups -OCH3 is 1. The van der Waals surface area contributed by atoms with Crippen LogP contribution in [0.5, 0.6) is 0 Å². The molecule has 9 nitrogen and oxygen atoms in total. The summed E-state index contributed by atoms with van der Waals surface area (Å²) in [6.45, 7) is 3.38. The minimum atomic E-state index is -0.891. The van der Waals surface area contributed by atoms with Crippen LogP contribution in [0.3, 0.4) is 0 Å². The molecule has 34 heavy (non-hydrogen) atoms. The number of nitrogens with zero attached hydrogens (tertiary/aromatic N) is 2. The van der Waals surface area contributed by atoms with Gasteiger partial charge in [-0.15, -0.1) is 0 Å². The van der Waals surface area contributed by atoms with Gasteiger partial charge in [0, 0.05) is 42.5 Å². The van der Waals surface area contributed by atoms with Gasteiger partial charge >= 0.3 is 11.9 Å². The molecule has 1 unspecified atom stereocenters. The molecule has 1 aromatic carbocycles. The Labute approximate surface area is 197 Å². The standard InChI is InChI=1S/C25H27N3O6/c1-16-21(24(29)33-4)23(18-9-7-11-20(15-18)28(31)32)22(17(2)26-16)25(30)34-14-6-5-10-19-12-8-13-27(19)3/h6-9,11-15,23,26H,5,10H2,1-4H3/b14-6+. The number of carbonyl (C=O) groups is 2. The van der Waals surface area contributed by atoms with E-state index in [0.29, 0.717) is 23.4 Å². The Hall–Kier alpha value is -4.14. The first-order chi connectivity index (χ1) is 16.2. The fourth-order valence-corrected chi connectivity index (χ4v) is 4.03. The molecule has 0 fully saturated rings. The summed E-state index contributed by atoms with van der Waals surface area (Å²) in [5, 5.41) is 14.4. The normalized spacial score (nSPS) is 15.9. The highest BCUT2D eigenvalue weighted by atomic mass is 16.6. The van der Waals surface area contributed by atoms with Gasteiger partial charge in [-0.25, -0.2) is 9.59 Å². The largest absolute Gasteiger partial charge is 0.466 e. The third-order valence-corrected chi connectivity index (χ3v) is 5.69. The summed E-state index contributed by atoms with van der Waals surface area (Å²) in [5.74, 6) is -2.19. The molecule has 2 aromatic rings. The lowest BCUT2D eigenvalue weighted by Gasteiger charge is -2.29. The van der Waals surface area contributed by atoms with Gasteiger partial charge in [0.1, 0.15) is 0 Å². The minimum absolute atomic E-state index is 0.149. The van der Waals surface area contributed by atoms with Crippen LogP contribution in [-0.4, -0.2) is 28.5 Å². The van der Waals surface area contributed by atoms with Crippen LogP contribution in [0, 0.1) is 10.1 Å². The summed E-state index contributed by atoms with van der Waals surface area (Å²) in [6.07, 6.45) is 6.50. The number of hydrogen-bond acceptors (Lipinski definition) is 7. The average molecular weight is 466 g/mol. The Balaban J connectivity index is 1.89. The molecular weight excluding hydrogens is 438 g/mol. The molecule has 0 saturated carbocycles. The van der Waals surface area contributed by atoms with E-state index in [0.717, 1.165) is 12.1 Å². The molecule has 1 aromatic heterocycles. The first-order valence-electron chi connectivity index (χ1n) is 10.7. The van der Waals surface area contributed by atoms with Crippen LogP contribution in [-0.2, 0) is 32.5 Å². The van der Waals surface area contributed by atoms with Crippen molar-refractivity contribution in [2.75, 3.05) is 7.11 Å². The van der Waals surface area contributed by atoms with Crippen LogP contribution in [0.25, 0.3) is 0 Å². The van der Waals surface area contributed by atoms with Crippen molar-refractivity contribution >= 4 is 17.6 Å². The topological polar surface area (TPSA) is 113 Å². The van der Waals surface area contributed by atoms with Crippen molar-refractivity contribution in [3.05, 3.63) is 98.8 Å². The molecule has 2 heterocycles. The summed E-state index contributed by atoms with van der Waals surface area (Å²) in [6, 6.07) is 9.84. The third kappa shape index (κ3) is 5.25. The van der Waals surface area contributed by atoms with E-state index in [1.807, 2.05) is 29.9 Å². The lowest BCUT2D eigenvalue weighted by Crippen LogP contribution is -2.32. The van der Waals surface area contributed by atoms with Gasteiger partial charge in [-0.3, -0.25) is 10.1 Å². The molecule has 3 rings (SSSR count). The second-order valence-electron chi connectivity index (χ2n) is 7.91. The summed E-state index contributed by atoms with van der Waals surface area (Å²) < 4.78 is 12.4. The van der Waals surface area contributed by atoms with E-state index in [2.05, 4.69) is 5.32 Å². The Morgan fingerprint density at radius 3 is 2.47 bits per heavy atom. The van der Waals surface area contributed by atoms with E-state index in [1.165, 1.54) is 31.6 Å². The maximum Gasteiger partial charge on any atom is 0.341 e. The highest BCUT2D eigenvalue weighted by Crippen LogP contribution is 2.40. The zero-order valence-electron chi connectivity index (χ0n) is 19.5. The zero-order chi connectivity index (χ0) is 24.8. The van der Waals surface area contributed by atoms with Gasteiger partial charge < -0.3 is 19.4 Å². The van der Waals surface area contributed by atoms with Crippen molar-refractivity contribution in [2.45, 2.75) is 32.6 Å². The molecule has 0 saturated heterocycles. The fraction of sp³-hybridized carbons (Fsp3) is 0.280. The van der Waals surface area contributed by atoms with Gasteiger partial charge in [0.25, 0.3) is 5.69 Å². The van der Waals surface area contributed by atoms with Gasteiger partial charge in [0.2, 0.25) is 0 Å². The van der Waals surface area contributed by atoms with Crippen LogP contribution in [0.4, 0.5) is 5.69 Å². The monoisotopic (exact) mass is 465 g/mol. The first kappa shape index (κ1) is 24.5. The number of allylic oxidation sites excluding steroid dienone is 3. The summed E-state index contributed by atoms with van der Waals surface area (Å²) in [7, 11) is 3.21. The van der Waals surface area contributed by atoms with Gasteiger partial charge in [-0.1, -0.05) is 12.1 Å². The summed E-state index contributed by atoms with van der Waals surface area (Å²) >= 11 is 0. The number of aryl methyl sites for hydroxylation is 2. The number of ether oxygens (including phenoxy) is 2. The molecule has 1 aliphatic heterocycles. The quantitative estimate of drug-likeness (QED) is 0.271. The van der Waals surface area contributed by atoms with Crippen molar-refractivity contribution in [3.63, 3.8) is 0 Å². The number of nitro groups is 1. The number of aromatic nitrogens is 1. The number of hydrogen-bond donors (Lipinski definition) is 1. The fourth-order valence-electron chi connectivity index (χ4n) is 4.03. The minimum Gasteiger partial charge on any atom is -0.466 e. The Bertz CT molecular complexity index is 1200. The van der Waals surface area contributed by atoms with Crippen LogP contribution in [0.2, 0.25) is 0 Å². The molecule has 0 radical (unpaired) electrons. The molecule has 1 atom stereocenters. The van der Waals surface area contributed by atoms with Gasteiger partial charge in [0.15, 0.2) is 0 Å². The van der Waals surface area contributed by atoms with E-state index in [1.54, 1.807) is 26.0 Å². The number of dihydropyridines is 1. The van der Waals surface area contributed by atoms with Crippen LogP contribution >= 0.6 is 0 Å². The van der Waals surface area contributed by atoms with Gasteiger partial charge in [-0.2, -0.15) is 0 Å². The second-order valence-corrected chi connectivity index (χ2v) is 7.91. The van der Waals surface area contributed by atoms with Gasteiger partial charge in [0.05, 0.1) is 35.4 Å². The maximum absolute atomic E-state index is 13.1. The molecule has 178 valence electrons. The molecular formula is C25H27N3O6. The van der Waals surface area contributed by atoms with Crippen molar-refractivity contribution in [3.8, 4) is 0 Å². The molecule has 1 N–H and O–H groups in total. The number of nitro benzene ring substituents is 1. The lowest BCUT2D eigenvalue weighted by atomic mass is 9.80. The van der Waals surface area contributed by atoms with E-state index in [4.69, 9.17) is 9.47 Å². The second kappa shape index (κ2) is 10.7. The third-order valence-electron chi connectivity index (χ3n) is 5.69. The van der Waals surface area contributed by atoms with E-state index in [-0.39, 0.29) is 16.8 Å². The molecule has 1 aliphatic rings.